The van der Waals surface area contributed by atoms with Crippen LogP contribution in [0.15, 0.2) is 44.7 Å². The number of benzene rings is 1. The molecule has 0 aliphatic carbocycles. The van der Waals surface area contributed by atoms with Crippen molar-refractivity contribution >= 4 is 23.4 Å². The molecule has 2 rings (SSSR count). The SMILES string of the molecule is CCNC(=O)c1ccc(N)c(Sc2ccoc2C)c1. The third-order valence-electron chi connectivity index (χ3n) is 2.64. The molecule has 2 aromatic rings. The summed E-state index contributed by atoms with van der Waals surface area (Å²) in [5.41, 5.74) is 7.21. The summed E-state index contributed by atoms with van der Waals surface area (Å²) < 4.78 is 5.25. The molecule has 1 aromatic carbocycles. The lowest BCUT2D eigenvalue weighted by molar-refractivity contribution is 0.0955. The number of anilines is 1. The lowest BCUT2D eigenvalue weighted by atomic mass is 10.2. The number of hydrogen-bond acceptors (Lipinski definition) is 4. The van der Waals surface area contributed by atoms with Crippen LogP contribution in [0.3, 0.4) is 0 Å². The van der Waals surface area contributed by atoms with Crippen LogP contribution >= 0.6 is 11.8 Å². The summed E-state index contributed by atoms with van der Waals surface area (Å²) >= 11 is 1.50. The molecular weight excluding hydrogens is 260 g/mol. The Morgan fingerprint density at radius 3 is 2.79 bits per heavy atom. The van der Waals surface area contributed by atoms with Gasteiger partial charge in [-0.2, -0.15) is 0 Å². The van der Waals surface area contributed by atoms with Crippen LogP contribution in [-0.4, -0.2) is 12.5 Å². The van der Waals surface area contributed by atoms with Crippen molar-refractivity contribution in [2.24, 2.45) is 0 Å². The van der Waals surface area contributed by atoms with Gasteiger partial charge < -0.3 is 15.5 Å². The fraction of sp³-hybridized carbons (Fsp3) is 0.214. The highest BCUT2D eigenvalue weighted by molar-refractivity contribution is 7.99. The number of carbonyl (C=O) groups excluding carboxylic acids is 1. The highest BCUT2D eigenvalue weighted by Gasteiger charge is 2.10. The first kappa shape index (κ1) is 13.5. The van der Waals surface area contributed by atoms with E-state index < -0.39 is 0 Å². The van der Waals surface area contributed by atoms with E-state index >= 15 is 0 Å². The molecule has 5 heteroatoms. The van der Waals surface area contributed by atoms with E-state index in [1.165, 1.54) is 11.8 Å². The monoisotopic (exact) mass is 276 g/mol. The number of aryl methyl sites for hydroxylation is 1. The smallest absolute Gasteiger partial charge is 0.251 e. The minimum absolute atomic E-state index is 0.0896. The highest BCUT2D eigenvalue weighted by atomic mass is 32.2. The average Bonchev–Trinajstić information content (AvgIpc) is 2.78. The maximum atomic E-state index is 11.8. The highest BCUT2D eigenvalue weighted by Crippen LogP contribution is 2.35. The predicted molar refractivity (Wildman–Crippen MR) is 76.4 cm³/mol. The van der Waals surface area contributed by atoms with Crippen molar-refractivity contribution in [3.63, 3.8) is 0 Å². The van der Waals surface area contributed by atoms with Gasteiger partial charge in [0.15, 0.2) is 0 Å². The maximum Gasteiger partial charge on any atom is 0.251 e. The van der Waals surface area contributed by atoms with Crippen LogP contribution in [0.1, 0.15) is 23.0 Å². The Morgan fingerprint density at radius 2 is 2.16 bits per heavy atom. The Hall–Kier alpha value is -1.88. The molecular formula is C14H16N2O2S. The summed E-state index contributed by atoms with van der Waals surface area (Å²) in [4.78, 5) is 13.7. The quantitative estimate of drug-likeness (QED) is 0.842. The van der Waals surface area contributed by atoms with Gasteiger partial charge in [0.1, 0.15) is 5.76 Å². The standard InChI is InChI=1S/C14H16N2O2S/c1-3-16-14(17)10-4-5-11(15)13(8-10)19-12-6-7-18-9(12)2/h4-8H,3,15H2,1-2H3,(H,16,17). The van der Waals surface area contributed by atoms with E-state index in [9.17, 15) is 4.79 Å². The molecule has 0 bridgehead atoms. The molecule has 0 aliphatic heterocycles. The van der Waals surface area contributed by atoms with Crippen molar-refractivity contribution in [2.75, 3.05) is 12.3 Å². The molecule has 1 heterocycles. The van der Waals surface area contributed by atoms with Gasteiger partial charge in [0.2, 0.25) is 0 Å². The van der Waals surface area contributed by atoms with Gasteiger partial charge in [0.25, 0.3) is 5.91 Å². The molecule has 0 spiro atoms. The fourth-order valence-corrected chi connectivity index (χ4v) is 2.55. The molecule has 19 heavy (non-hydrogen) atoms. The van der Waals surface area contributed by atoms with E-state index in [2.05, 4.69) is 5.32 Å². The van der Waals surface area contributed by atoms with Gasteiger partial charge in [-0.15, -0.1) is 0 Å². The number of furan rings is 1. The van der Waals surface area contributed by atoms with Gasteiger partial charge >= 0.3 is 0 Å². The van der Waals surface area contributed by atoms with Crippen LogP contribution in [0.2, 0.25) is 0 Å². The van der Waals surface area contributed by atoms with Crippen LogP contribution in [-0.2, 0) is 0 Å². The topological polar surface area (TPSA) is 68.3 Å². The second kappa shape index (κ2) is 5.84. The molecule has 100 valence electrons. The summed E-state index contributed by atoms with van der Waals surface area (Å²) in [7, 11) is 0. The molecule has 3 N–H and O–H groups in total. The van der Waals surface area contributed by atoms with Crippen LogP contribution in [0.4, 0.5) is 5.69 Å². The minimum Gasteiger partial charge on any atom is -0.468 e. The van der Waals surface area contributed by atoms with Crippen molar-refractivity contribution < 1.29 is 9.21 Å². The number of nitrogens with one attached hydrogen (secondary N) is 1. The first-order valence-electron chi connectivity index (χ1n) is 6.01. The number of nitrogen functional groups attached to an aromatic ring is 1. The second-order valence-electron chi connectivity index (χ2n) is 4.06. The van der Waals surface area contributed by atoms with E-state index in [0.717, 1.165) is 15.6 Å². The summed E-state index contributed by atoms with van der Waals surface area (Å²) in [6.07, 6.45) is 1.64. The average molecular weight is 276 g/mol. The number of carbonyl (C=O) groups is 1. The molecule has 0 aliphatic rings. The van der Waals surface area contributed by atoms with Gasteiger partial charge in [0, 0.05) is 22.7 Å². The summed E-state index contributed by atoms with van der Waals surface area (Å²) in [6.45, 7) is 4.39. The first-order chi connectivity index (χ1) is 9.11. The number of amides is 1. The van der Waals surface area contributed by atoms with E-state index in [1.54, 1.807) is 24.5 Å². The normalized spacial score (nSPS) is 10.4. The summed E-state index contributed by atoms with van der Waals surface area (Å²) in [5.74, 6) is 0.751. The Labute approximate surface area is 116 Å². The third kappa shape index (κ3) is 3.12. The molecule has 0 unspecified atom stereocenters. The van der Waals surface area contributed by atoms with Gasteiger partial charge in [-0.05, 0) is 38.1 Å². The zero-order valence-corrected chi connectivity index (χ0v) is 11.7. The molecule has 0 saturated heterocycles. The van der Waals surface area contributed by atoms with Crippen molar-refractivity contribution in [3.05, 3.63) is 41.9 Å². The molecule has 4 nitrogen and oxygen atoms in total. The van der Waals surface area contributed by atoms with Gasteiger partial charge in [-0.1, -0.05) is 11.8 Å². The fourth-order valence-electron chi connectivity index (χ4n) is 1.62. The lowest BCUT2D eigenvalue weighted by Gasteiger charge is -2.08. The number of nitrogens with two attached hydrogens (primary N) is 1. The van der Waals surface area contributed by atoms with E-state index in [-0.39, 0.29) is 5.91 Å². The number of hydrogen-bond donors (Lipinski definition) is 2. The van der Waals surface area contributed by atoms with E-state index in [4.69, 9.17) is 10.2 Å². The van der Waals surface area contributed by atoms with Crippen LogP contribution in [0, 0.1) is 6.92 Å². The van der Waals surface area contributed by atoms with Crippen molar-refractivity contribution in [1.29, 1.82) is 0 Å². The first-order valence-corrected chi connectivity index (χ1v) is 6.83. The Bertz CT molecular complexity index is 593. The van der Waals surface area contributed by atoms with Crippen LogP contribution < -0.4 is 11.1 Å². The summed E-state index contributed by atoms with van der Waals surface area (Å²) in [5, 5.41) is 2.77. The molecule has 1 aromatic heterocycles. The van der Waals surface area contributed by atoms with Crippen LogP contribution in [0.25, 0.3) is 0 Å². The predicted octanol–water partition coefficient (Wildman–Crippen LogP) is 3.07. The molecule has 0 radical (unpaired) electrons. The Morgan fingerprint density at radius 1 is 1.37 bits per heavy atom. The minimum atomic E-state index is -0.0896. The Kier molecular flexibility index (Phi) is 4.16. The van der Waals surface area contributed by atoms with Gasteiger partial charge in [0.05, 0.1) is 11.2 Å². The Balaban J connectivity index is 2.27. The zero-order chi connectivity index (χ0) is 13.8. The van der Waals surface area contributed by atoms with Crippen molar-refractivity contribution in [2.45, 2.75) is 23.6 Å². The van der Waals surface area contributed by atoms with Gasteiger partial charge in [-0.25, -0.2) is 0 Å². The van der Waals surface area contributed by atoms with Gasteiger partial charge in [-0.3, -0.25) is 4.79 Å². The van der Waals surface area contributed by atoms with E-state index in [1.807, 2.05) is 19.9 Å². The number of rotatable bonds is 4. The van der Waals surface area contributed by atoms with E-state index in [0.29, 0.717) is 17.8 Å². The second-order valence-corrected chi connectivity index (χ2v) is 5.14. The van der Waals surface area contributed by atoms with Crippen molar-refractivity contribution in [1.82, 2.24) is 5.32 Å². The summed E-state index contributed by atoms with van der Waals surface area (Å²) in [6, 6.07) is 7.17. The third-order valence-corrected chi connectivity index (χ3v) is 3.86. The molecule has 0 saturated carbocycles. The van der Waals surface area contributed by atoms with Crippen LogP contribution in [0.5, 0.6) is 0 Å². The zero-order valence-electron chi connectivity index (χ0n) is 10.9. The molecule has 0 atom stereocenters. The largest absolute Gasteiger partial charge is 0.468 e. The van der Waals surface area contributed by atoms with Crippen molar-refractivity contribution in [3.8, 4) is 0 Å². The maximum absolute atomic E-state index is 11.8. The molecule has 0 fully saturated rings. The molecule has 1 amide bonds. The lowest BCUT2D eigenvalue weighted by Crippen LogP contribution is -2.22.